The average molecular weight is 401 g/mol. The Hall–Kier alpha value is -3.45. The number of pyridine rings is 2. The summed E-state index contributed by atoms with van der Waals surface area (Å²) in [7, 11) is 0. The van der Waals surface area contributed by atoms with Crippen molar-refractivity contribution in [2.75, 3.05) is 5.32 Å². The number of benzene rings is 1. The highest BCUT2D eigenvalue weighted by molar-refractivity contribution is 7.99. The molecule has 0 unspecified atom stereocenters. The fourth-order valence-corrected chi connectivity index (χ4v) is 3.83. The smallest absolute Gasteiger partial charge is 0.259 e. The molecule has 0 radical (unpaired) electrons. The van der Waals surface area contributed by atoms with Crippen LogP contribution in [0.1, 0.15) is 28.9 Å². The molecule has 144 valence electrons. The molecule has 0 aliphatic carbocycles. The van der Waals surface area contributed by atoms with Crippen LogP contribution >= 0.6 is 11.8 Å². The number of hydrogen-bond acceptors (Lipinski definition) is 5. The van der Waals surface area contributed by atoms with Gasteiger partial charge >= 0.3 is 0 Å². The van der Waals surface area contributed by atoms with Crippen LogP contribution in [0.2, 0.25) is 0 Å². The number of anilines is 1. The number of amides is 1. The van der Waals surface area contributed by atoms with E-state index in [-0.39, 0.29) is 11.9 Å². The predicted molar refractivity (Wildman–Crippen MR) is 113 cm³/mol. The minimum atomic E-state index is -0.222. The molecule has 4 aromatic rings. The molecule has 29 heavy (non-hydrogen) atoms. The van der Waals surface area contributed by atoms with Crippen LogP contribution < -0.4 is 5.32 Å². The number of nitrogens with zero attached hydrogens (tertiary/aromatic N) is 4. The summed E-state index contributed by atoms with van der Waals surface area (Å²) in [5, 5.41) is 8.02. The number of aromatic nitrogens is 4. The maximum absolute atomic E-state index is 13.0. The van der Waals surface area contributed by atoms with Crippen molar-refractivity contribution in [2.24, 2.45) is 0 Å². The van der Waals surface area contributed by atoms with Gasteiger partial charge in [-0.05, 0) is 48.9 Å². The van der Waals surface area contributed by atoms with Crippen molar-refractivity contribution >= 4 is 23.5 Å². The molecule has 1 atom stereocenters. The molecule has 1 amide bonds. The summed E-state index contributed by atoms with van der Waals surface area (Å²) in [6.07, 6.45) is 6.86. The molecule has 4 rings (SSSR count). The van der Waals surface area contributed by atoms with Crippen molar-refractivity contribution in [1.82, 2.24) is 19.7 Å². The van der Waals surface area contributed by atoms with Gasteiger partial charge in [0.05, 0.1) is 17.8 Å². The van der Waals surface area contributed by atoms with Gasteiger partial charge in [-0.3, -0.25) is 9.78 Å². The molecule has 0 spiro atoms. The van der Waals surface area contributed by atoms with Gasteiger partial charge in [0.15, 0.2) is 0 Å². The second-order valence-electron chi connectivity index (χ2n) is 6.34. The second kappa shape index (κ2) is 8.70. The Morgan fingerprint density at radius 1 is 0.966 bits per heavy atom. The number of carbonyl (C=O) groups is 1. The van der Waals surface area contributed by atoms with E-state index in [2.05, 4.69) is 20.4 Å². The second-order valence-corrected chi connectivity index (χ2v) is 7.41. The maximum Gasteiger partial charge on any atom is 0.259 e. The van der Waals surface area contributed by atoms with Crippen molar-refractivity contribution in [3.63, 3.8) is 0 Å². The number of nitrogens with one attached hydrogen (secondary N) is 1. The molecule has 3 heterocycles. The zero-order chi connectivity index (χ0) is 20.1. The van der Waals surface area contributed by atoms with Crippen LogP contribution in [0.4, 0.5) is 5.82 Å². The van der Waals surface area contributed by atoms with Crippen LogP contribution in [-0.4, -0.2) is 25.7 Å². The van der Waals surface area contributed by atoms with Gasteiger partial charge in [-0.1, -0.05) is 30.0 Å². The van der Waals surface area contributed by atoms with Gasteiger partial charge in [0.1, 0.15) is 10.8 Å². The zero-order valence-electron chi connectivity index (χ0n) is 15.8. The summed E-state index contributed by atoms with van der Waals surface area (Å²) in [6, 6.07) is 19.0. The molecule has 3 aromatic heterocycles. The van der Waals surface area contributed by atoms with E-state index in [0.717, 1.165) is 10.5 Å². The van der Waals surface area contributed by atoms with E-state index >= 15 is 0 Å². The van der Waals surface area contributed by atoms with E-state index in [4.69, 9.17) is 0 Å². The van der Waals surface area contributed by atoms with E-state index < -0.39 is 0 Å². The topological polar surface area (TPSA) is 72.7 Å². The van der Waals surface area contributed by atoms with Crippen molar-refractivity contribution in [3.8, 4) is 0 Å². The first-order chi connectivity index (χ1) is 14.2. The standard InChI is InChI=1S/C22H19N5OS/c1-16(17-9-13-23-14-10-17)27-20(11-15-25-27)26-21(28)19-8-5-12-24-22(19)29-18-6-3-2-4-7-18/h2-16H,1H3,(H,26,28)/t16-/m0/s1. The van der Waals surface area contributed by atoms with Gasteiger partial charge in [0, 0.05) is 29.6 Å². The third kappa shape index (κ3) is 4.35. The minimum Gasteiger partial charge on any atom is -0.307 e. The van der Waals surface area contributed by atoms with Crippen molar-refractivity contribution in [3.05, 3.63) is 96.6 Å². The monoisotopic (exact) mass is 401 g/mol. The average Bonchev–Trinajstić information content (AvgIpc) is 3.23. The van der Waals surface area contributed by atoms with Crippen molar-refractivity contribution < 1.29 is 4.79 Å². The SMILES string of the molecule is C[C@@H](c1ccncc1)n1nccc1NC(=O)c1cccnc1Sc1ccccc1. The molecule has 0 bridgehead atoms. The van der Waals surface area contributed by atoms with Gasteiger partial charge in [-0.2, -0.15) is 5.10 Å². The Morgan fingerprint density at radius 2 is 1.76 bits per heavy atom. The Morgan fingerprint density at radius 3 is 2.55 bits per heavy atom. The third-order valence-electron chi connectivity index (χ3n) is 4.44. The summed E-state index contributed by atoms with van der Waals surface area (Å²) in [4.78, 5) is 22.5. The highest BCUT2D eigenvalue weighted by atomic mass is 32.2. The van der Waals surface area contributed by atoms with E-state index in [1.165, 1.54) is 11.8 Å². The van der Waals surface area contributed by atoms with Crippen LogP contribution in [-0.2, 0) is 0 Å². The van der Waals surface area contributed by atoms with Gasteiger partial charge in [-0.15, -0.1) is 0 Å². The quantitative estimate of drug-likeness (QED) is 0.508. The fraction of sp³-hybridized carbons (Fsp3) is 0.0909. The van der Waals surface area contributed by atoms with Crippen LogP contribution in [0.3, 0.4) is 0 Å². The molecular weight excluding hydrogens is 382 g/mol. The molecule has 6 nitrogen and oxygen atoms in total. The molecule has 0 fully saturated rings. The van der Waals surface area contributed by atoms with Crippen LogP contribution in [0.15, 0.2) is 95.4 Å². The Labute approximate surface area is 173 Å². The largest absolute Gasteiger partial charge is 0.307 e. The zero-order valence-corrected chi connectivity index (χ0v) is 16.6. The highest BCUT2D eigenvalue weighted by Gasteiger charge is 2.18. The molecule has 1 N–H and O–H groups in total. The molecule has 0 saturated carbocycles. The van der Waals surface area contributed by atoms with E-state index in [1.807, 2.05) is 49.4 Å². The van der Waals surface area contributed by atoms with Gasteiger partial charge < -0.3 is 5.32 Å². The summed E-state index contributed by atoms with van der Waals surface area (Å²) >= 11 is 1.46. The molecule has 0 saturated heterocycles. The Bertz CT molecular complexity index is 1100. The molecule has 0 aliphatic rings. The van der Waals surface area contributed by atoms with Gasteiger partial charge in [0.25, 0.3) is 5.91 Å². The lowest BCUT2D eigenvalue weighted by Gasteiger charge is -2.16. The molecular formula is C22H19N5OS. The van der Waals surface area contributed by atoms with E-state index in [9.17, 15) is 4.79 Å². The van der Waals surface area contributed by atoms with Gasteiger partial charge in [-0.25, -0.2) is 9.67 Å². The third-order valence-corrected chi connectivity index (χ3v) is 5.47. The van der Waals surface area contributed by atoms with E-state index in [0.29, 0.717) is 16.4 Å². The fourth-order valence-electron chi connectivity index (χ4n) is 2.93. The first kappa shape index (κ1) is 18.9. The first-order valence-electron chi connectivity index (χ1n) is 9.15. The van der Waals surface area contributed by atoms with Crippen LogP contribution in [0.5, 0.6) is 0 Å². The Balaban J connectivity index is 1.56. The first-order valence-corrected chi connectivity index (χ1v) is 9.97. The lowest BCUT2D eigenvalue weighted by molar-refractivity contribution is 0.102. The minimum absolute atomic E-state index is 0.0460. The summed E-state index contributed by atoms with van der Waals surface area (Å²) in [5.41, 5.74) is 1.58. The summed E-state index contributed by atoms with van der Waals surface area (Å²) in [6.45, 7) is 2.03. The Kier molecular flexibility index (Phi) is 5.67. The van der Waals surface area contributed by atoms with Crippen LogP contribution in [0.25, 0.3) is 0 Å². The normalized spacial score (nSPS) is 11.8. The van der Waals surface area contributed by atoms with Gasteiger partial charge in [0.2, 0.25) is 0 Å². The van der Waals surface area contributed by atoms with E-state index in [1.54, 1.807) is 47.7 Å². The van der Waals surface area contributed by atoms with Crippen molar-refractivity contribution in [1.29, 1.82) is 0 Å². The van der Waals surface area contributed by atoms with Crippen molar-refractivity contribution in [2.45, 2.75) is 22.9 Å². The summed E-state index contributed by atoms with van der Waals surface area (Å²) in [5.74, 6) is 0.402. The summed E-state index contributed by atoms with van der Waals surface area (Å²) < 4.78 is 1.79. The predicted octanol–water partition coefficient (Wildman–Crippen LogP) is 4.69. The molecule has 1 aromatic carbocycles. The molecule has 7 heteroatoms. The highest BCUT2D eigenvalue weighted by Crippen LogP contribution is 2.29. The lowest BCUT2D eigenvalue weighted by atomic mass is 10.1. The number of hydrogen-bond donors (Lipinski definition) is 1. The van der Waals surface area contributed by atoms with Crippen LogP contribution in [0, 0.1) is 0 Å². The number of carbonyl (C=O) groups excluding carboxylic acids is 1. The maximum atomic E-state index is 13.0. The molecule has 0 aliphatic heterocycles. The number of rotatable bonds is 6. The lowest BCUT2D eigenvalue weighted by Crippen LogP contribution is -2.19.